The molecule has 0 unspecified atom stereocenters. The van der Waals surface area contributed by atoms with E-state index >= 15 is 0 Å². The van der Waals surface area contributed by atoms with Crippen molar-refractivity contribution in [2.75, 3.05) is 20.3 Å². The van der Waals surface area contributed by atoms with Gasteiger partial charge in [-0.1, -0.05) is 0 Å². The van der Waals surface area contributed by atoms with Crippen LogP contribution in [0, 0.1) is 0 Å². The Labute approximate surface area is 317 Å². The second kappa shape index (κ2) is 18.9. The maximum Gasteiger partial charge on any atom is 0.337 e. The van der Waals surface area contributed by atoms with Crippen molar-refractivity contribution in [2.45, 2.75) is 167 Å². The van der Waals surface area contributed by atoms with E-state index in [1.165, 1.54) is 13.8 Å². The van der Waals surface area contributed by atoms with Crippen LogP contribution in [0.1, 0.15) is 13.8 Å². The standard InChI is InChI=1S/C31H52O25/c1-6-10(34)14(38)18(42)28(48-6)55-23-16(40)11(35)7(2)49-30(23)56-24-17(41)13(37)9(5-33)51-31(24)53-21-20(44)22(27(46)52-25(21)26(45)47-3)54-29-19(43)15(39)12(36)8(4-32)50-29/h6-25,27-44,46H,4-5H2,1-3H3/t6-,7-,8+,9+,10-,11-,12+,13+,14+,15-,16+,17-,18+,19+,20-,21-,22+,23+,24+,25-,27+,28-,29-,30-,31-/m0/s1. The predicted octanol–water partition coefficient (Wildman–Crippen LogP) is -9.69. The van der Waals surface area contributed by atoms with E-state index in [0.717, 1.165) is 7.11 Å². The minimum atomic E-state index is -2.22. The van der Waals surface area contributed by atoms with Crippen LogP contribution in [0.2, 0.25) is 0 Å². The van der Waals surface area contributed by atoms with Gasteiger partial charge in [-0.05, 0) is 13.8 Å². The Morgan fingerprint density at radius 2 is 0.839 bits per heavy atom. The summed E-state index contributed by atoms with van der Waals surface area (Å²) in [7, 11) is 0.915. The van der Waals surface area contributed by atoms with Crippen LogP contribution in [0.3, 0.4) is 0 Å². The number of esters is 1. The molecule has 0 bridgehead atoms. The van der Waals surface area contributed by atoms with E-state index in [2.05, 4.69) is 0 Å². The lowest BCUT2D eigenvalue weighted by Gasteiger charge is -2.49. The highest BCUT2D eigenvalue weighted by Gasteiger charge is 2.57. The lowest BCUT2D eigenvalue weighted by molar-refractivity contribution is -0.403. The van der Waals surface area contributed by atoms with E-state index in [0.29, 0.717) is 0 Å². The fraction of sp³-hybridized carbons (Fsp3) is 0.968. The van der Waals surface area contributed by atoms with Gasteiger partial charge in [-0.3, -0.25) is 0 Å². The number of aliphatic hydroxyl groups excluding tert-OH is 14. The van der Waals surface area contributed by atoms with Crippen LogP contribution in [0.4, 0.5) is 0 Å². The van der Waals surface area contributed by atoms with E-state index in [4.69, 9.17) is 47.4 Å². The van der Waals surface area contributed by atoms with Crippen molar-refractivity contribution in [2.24, 2.45) is 0 Å². The fourth-order valence-corrected chi connectivity index (χ4v) is 6.94. The largest absolute Gasteiger partial charge is 0.467 e. The second-order valence-corrected chi connectivity index (χ2v) is 14.1. The molecule has 0 aromatic carbocycles. The second-order valence-electron chi connectivity index (χ2n) is 14.1. The Kier molecular flexibility index (Phi) is 15.4. The van der Waals surface area contributed by atoms with Gasteiger partial charge in [0.2, 0.25) is 0 Å². The van der Waals surface area contributed by atoms with Gasteiger partial charge in [0.15, 0.2) is 37.6 Å². The van der Waals surface area contributed by atoms with E-state index in [1.807, 2.05) is 0 Å². The third kappa shape index (κ3) is 9.00. The van der Waals surface area contributed by atoms with Gasteiger partial charge in [-0.25, -0.2) is 4.79 Å². The molecule has 5 aliphatic rings. The molecule has 0 saturated carbocycles. The van der Waals surface area contributed by atoms with Gasteiger partial charge in [-0.15, -0.1) is 0 Å². The lowest BCUT2D eigenvalue weighted by Crippen LogP contribution is -2.68. The number of methoxy groups -OCH3 is 1. The van der Waals surface area contributed by atoms with Gasteiger partial charge in [0, 0.05) is 0 Å². The molecule has 5 saturated heterocycles. The number of ether oxygens (including phenoxy) is 10. The Balaban J connectivity index is 1.43. The Morgan fingerprint density at radius 1 is 0.446 bits per heavy atom. The van der Waals surface area contributed by atoms with Crippen molar-refractivity contribution in [3.05, 3.63) is 0 Å². The van der Waals surface area contributed by atoms with E-state index in [1.54, 1.807) is 0 Å². The molecule has 5 rings (SSSR count). The summed E-state index contributed by atoms with van der Waals surface area (Å²) in [5, 5.41) is 147. The molecule has 0 aromatic heterocycles. The van der Waals surface area contributed by atoms with Gasteiger partial charge >= 0.3 is 5.97 Å². The van der Waals surface area contributed by atoms with Crippen molar-refractivity contribution in [1.29, 1.82) is 0 Å². The van der Waals surface area contributed by atoms with E-state index < -0.39 is 173 Å². The van der Waals surface area contributed by atoms with Crippen molar-refractivity contribution < 1.29 is 124 Å². The molecule has 25 heteroatoms. The number of carbonyl (C=O) groups excluding carboxylic acids is 1. The summed E-state index contributed by atoms with van der Waals surface area (Å²) >= 11 is 0. The zero-order valence-corrected chi connectivity index (χ0v) is 30.1. The molecule has 25 atom stereocenters. The van der Waals surface area contributed by atoms with E-state index in [-0.39, 0.29) is 0 Å². The average Bonchev–Trinajstić information content (AvgIpc) is 3.17. The van der Waals surface area contributed by atoms with Crippen LogP contribution >= 0.6 is 0 Å². The Morgan fingerprint density at radius 3 is 1.39 bits per heavy atom. The minimum absolute atomic E-state index is 0.863. The normalized spacial score (nSPS) is 53.1. The summed E-state index contributed by atoms with van der Waals surface area (Å²) in [6, 6.07) is 0. The molecule has 0 aliphatic carbocycles. The molecule has 14 N–H and O–H groups in total. The first-order valence-electron chi connectivity index (χ1n) is 17.7. The fourth-order valence-electron chi connectivity index (χ4n) is 6.94. The van der Waals surface area contributed by atoms with Crippen LogP contribution in [0.15, 0.2) is 0 Å². The first kappa shape index (κ1) is 45.6. The smallest absolute Gasteiger partial charge is 0.337 e. The summed E-state index contributed by atoms with van der Waals surface area (Å²) in [6.45, 7) is 0.838. The number of carbonyl (C=O) groups is 1. The number of hydrogen-bond donors (Lipinski definition) is 14. The van der Waals surface area contributed by atoms with Crippen LogP contribution in [0.5, 0.6) is 0 Å². The molecule has 326 valence electrons. The van der Waals surface area contributed by atoms with Gasteiger partial charge in [0.05, 0.1) is 32.5 Å². The van der Waals surface area contributed by atoms with Gasteiger partial charge in [0.25, 0.3) is 0 Å². The van der Waals surface area contributed by atoms with Crippen molar-refractivity contribution in [1.82, 2.24) is 0 Å². The van der Waals surface area contributed by atoms with Gasteiger partial charge < -0.3 is 119 Å². The summed E-state index contributed by atoms with van der Waals surface area (Å²) in [5.74, 6) is -1.26. The van der Waals surface area contributed by atoms with Crippen LogP contribution < -0.4 is 0 Å². The molecule has 5 heterocycles. The van der Waals surface area contributed by atoms with Gasteiger partial charge in [-0.2, -0.15) is 0 Å². The van der Waals surface area contributed by atoms with E-state index in [9.17, 15) is 76.3 Å². The summed E-state index contributed by atoms with van der Waals surface area (Å²) in [6.07, 6.45) is -46.1. The van der Waals surface area contributed by atoms with Gasteiger partial charge in [0.1, 0.15) is 104 Å². The third-order valence-corrected chi connectivity index (χ3v) is 10.4. The highest BCUT2D eigenvalue weighted by molar-refractivity contribution is 5.75. The molecule has 0 radical (unpaired) electrons. The van der Waals surface area contributed by atoms with Crippen molar-refractivity contribution in [3.8, 4) is 0 Å². The zero-order chi connectivity index (χ0) is 41.5. The maximum absolute atomic E-state index is 12.9. The molecular weight excluding hydrogens is 772 g/mol. The number of rotatable bonds is 11. The monoisotopic (exact) mass is 824 g/mol. The SMILES string of the molecule is COC(=O)[C@H]1O[C@@H](O)[C@H](O[C@@H]2O[C@H](CO)[C@@H](O)[C@H](O)[C@H]2O)[C@@H](O)[C@@H]1O[C@@H]1O[C@H](CO)[C@@H](O)[C@H](O)[C@H]1O[C@@H]1O[C@@H](C)[C@H](O)[C@@H](O)[C@H]1O[C@@H]1O[C@@H](C)[C@H](O)[C@@H](O)[C@H]1O. The first-order valence-corrected chi connectivity index (χ1v) is 17.7. The molecular formula is C31H52O25. The molecule has 0 amide bonds. The van der Waals surface area contributed by atoms with Crippen LogP contribution in [-0.4, -0.2) is 251 Å². The van der Waals surface area contributed by atoms with Crippen molar-refractivity contribution in [3.63, 3.8) is 0 Å². The summed E-state index contributed by atoms with van der Waals surface area (Å²) < 4.78 is 55.3. The Bertz CT molecular complexity index is 1270. The number of hydrogen-bond acceptors (Lipinski definition) is 25. The number of aliphatic hydroxyl groups is 14. The van der Waals surface area contributed by atoms with Crippen LogP contribution in [0.25, 0.3) is 0 Å². The predicted molar refractivity (Wildman–Crippen MR) is 169 cm³/mol. The molecule has 25 nitrogen and oxygen atoms in total. The lowest BCUT2D eigenvalue weighted by atomic mass is 9.95. The van der Waals surface area contributed by atoms with Crippen molar-refractivity contribution >= 4 is 5.97 Å². The first-order chi connectivity index (χ1) is 26.4. The highest BCUT2D eigenvalue weighted by atomic mass is 16.8. The molecule has 0 spiro atoms. The molecule has 56 heavy (non-hydrogen) atoms. The summed E-state index contributed by atoms with van der Waals surface area (Å²) in [5.41, 5.74) is 0. The Hall–Kier alpha value is -1.45. The highest BCUT2D eigenvalue weighted by Crippen LogP contribution is 2.36. The molecule has 0 aromatic rings. The summed E-state index contributed by atoms with van der Waals surface area (Å²) in [4.78, 5) is 12.9. The topological polar surface area (TPSA) is 393 Å². The quantitative estimate of drug-likeness (QED) is 0.0860. The molecule has 5 aliphatic heterocycles. The molecule has 5 fully saturated rings. The van der Waals surface area contributed by atoms with Crippen LogP contribution in [-0.2, 0) is 52.2 Å². The zero-order valence-electron chi connectivity index (χ0n) is 30.1. The minimum Gasteiger partial charge on any atom is -0.467 e. The average molecular weight is 825 g/mol. The maximum atomic E-state index is 12.9. The third-order valence-electron chi connectivity index (χ3n) is 10.4.